The van der Waals surface area contributed by atoms with Crippen LogP contribution in [0, 0.1) is 10.1 Å². The maximum atomic E-state index is 12.4. The van der Waals surface area contributed by atoms with Gasteiger partial charge in [-0.1, -0.05) is 12.1 Å². The summed E-state index contributed by atoms with van der Waals surface area (Å²) in [6, 6.07) is 18.4. The van der Waals surface area contributed by atoms with Crippen molar-refractivity contribution in [3.05, 3.63) is 94.0 Å². The Hall–Kier alpha value is -4.73. The highest BCUT2D eigenvalue weighted by Crippen LogP contribution is 2.19. The van der Waals surface area contributed by atoms with E-state index in [0.29, 0.717) is 17.1 Å². The van der Waals surface area contributed by atoms with Crippen molar-refractivity contribution in [3.63, 3.8) is 0 Å². The van der Waals surface area contributed by atoms with Crippen molar-refractivity contribution in [1.29, 1.82) is 0 Å². The van der Waals surface area contributed by atoms with Crippen LogP contribution < -0.4 is 19.6 Å². The molecule has 0 aliphatic rings. The quantitative estimate of drug-likeness (QED) is 0.174. The first-order valence-corrected chi connectivity index (χ1v) is 9.60. The van der Waals surface area contributed by atoms with E-state index in [1.54, 1.807) is 55.6 Å². The zero-order valence-corrected chi connectivity index (χ0v) is 17.5. The van der Waals surface area contributed by atoms with Gasteiger partial charge < -0.3 is 14.2 Å². The number of hydrogen-bond acceptors (Lipinski definition) is 8. The lowest BCUT2D eigenvalue weighted by molar-refractivity contribution is -0.384. The third-order valence-electron chi connectivity index (χ3n) is 4.26. The van der Waals surface area contributed by atoms with Crippen LogP contribution in [-0.2, 0) is 4.79 Å². The second-order valence-corrected chi connectivity index (χ2v) is 6.49. The first kappa shape index (κ1) is 22.9. The van der Waals surface area contributed by atoms with Gasteiger partial charge in [0.05, 0.1) is 23.8 Å². The summed E-state index contributed by atoms with van der Waals surface area (Å²) in [4.78, 5) is 34.5. The minimum absolute atomic E-state index is 0.134. The molecule has 1 N–H and O–H groups in total. The number of hydrazone groups is 1. The first-order valence-electron chi connectivity index (χ1n) is 9.60. The molecule has 0 aliphatic heterocycles. The minimum Gasteiger partial charge on any atom is -0.497 e. The maximum absolute atomic E-state index is 12.4. The number of nitrogens with zero attached hydrogens (tertiary/aromatic N) is 2. The summed E-state index contributed by atoms with van der Waals surface area (Å²) < 4.78 is 15.8. The molecule has 1 amide bonds. The van der Waals surface area contributed by atoms with E-state index in [1.807, 2.05) is 0 Å². The van der Waals surface area contributed by atoms with Crippen molar-refractivity contribution in [2.24, 2.45) is 5.10 Å². The van der Waals surface area contributed by atoms with Gasteiger partial charge in [0.15, 0.2) is 6.61 Å². The van der Waals surface area contributed by atoms with Gasteiger partial charge in [-0.15, -0.1) is 0 Å². The molecule has 0 spiro atoms. The SMILES string of the molecule is COc1ccc(OCC(=O)N/N=C/c2ccccc2OC(=O)c2ccc([N+](=O)[O-])cc2)cc1. The summed E-state index contributed by atoms with van der Waals surface area (Å²) in [6.45, 7) is -0.250. The highest BCUT2D eigenvalue weighted by Gasteiger charge is 2.13. The van der Waals surface area contributed by atoms with E-state index in [-0.39, 0.29) is 23.6 Å². The van der Waals surface area contributed by atoms with Crippen LogP contribution in [0.15, 0.2) is 77.9 Å². The van der Waals surface area contributed by atoms with Crippen LogP contribution in [-0.4, -0.2) is 36.7 Å². The van der Waals surface area contributed by atoms with Crippen LogP contribution in [0.25, 0.3) is 0 Å². The summed E-state index contributed by atoms with van der Waals surface area (Å²) in [5, 5.41) is 14.6. The van der Waals surface area contributed by atoms with Gasteiger partial charge in [0.1, 0.15) is 17.2 Å². The Morgan fingerprint density at radius 3 is 2.33 bits per heavy atom. The lowest BCUT2D eigenvalue weighted by Gasteiger charge is -2.07. The molecule has 0 aromatic heterocycles. The van der Waals surface area contributed by atoms with Gasteiger partial charge in [0, 0.05) is 17.7 Å². The number of amides is 1. The topological polar surface area (TPSA) is 129 Å². The Kier molecular flexibility index (Phi) is 7.68. The molecule has 10 nitrogen and oxygen atoms in total. The van der Waals surface area contributed by atoms with Crippen molar-refractivity contribution in [2.75, 3.05) is 13.7 Å². The zero-order chi connectivity index (χ0) is 23.6. The Balaban J connectivity index is 1.56. The molecule has 0 radical (unpaired) electrons. The summed E-state index contributed by atoms with van der Waals surface area (Å²) in [5.74, 6) is 0.196. The first-order chi connectivity index (χ1) is 16.0. The minimum atomic E-state index is -0.692. The number of benzene rings is 3. The van der Waals surface area contributed by atoms with Crippen LogP contribution in [0.2, 0.25) is 0 Å². The Bertz CT molecular complexity index is 1160. The summed E-state index contributed by atoms with van der Waals surface area (Å²) in [5.41, 5.74) is 2.78. The lowest BCUT2D eigenvalue weighted by atomic mass is 10.2. The average Bonchev–Trinajstić information content (AvgIpc) is 2.84. The van der Waals surface area contributed by atoms with Crippen LogP contribution in [0.4, 0.5) is 5.69 Å². The number of nitro benzene ring substituents is 1. The van der Waals surface area contributed by atoms with Crippen LogP contribution in [0.3, 0.4) is 0 Å². The number of esters is 1. The normalized spacial score (nSPS) is 10.5. The summed E-state index contributed by atoms with van der Waals surface area (Å²) >= 11 is 0. The van der Waals surface area contributed by atoms with Gasteiger partial charge in [-0.05, 0) is 48.5 Å². The van der Waals surface area contributed by atoms with E-state index in [2.05, 4.69) is 10.5 Å². The molecule has 0 fully saturated rings. The van der Waals surface area contributed by atoms with Gasteiger partial charge in [0.2, 0.25) is 0 Å². The maximum Gasteiger partial charge on any atom is 0.343 e. The highest BCUT2D eigenvalue weighted by molar-refractivity contribution is 5.93. The number of rotatable bonds is 9. The third kappa shape index (κ3) is 6.62. The van der Waals surface area contributed by atoms with Crippen molar-refractivity contribution in [1.82, 2.24) is 5.43 Å². The number of nitro groups is 1. The van der Waals surface area contributed by atoms with Crippen molar-refractivity contribution < 1.29 is 28.7 Å². The number of para-hydroxylation sites is 1. The standard InChI is InChI=1S/C23H19N3O7/c1-31-19-10-12-20(13-11-19)32-15-22(27)25-24-14-17-4-2-3-5-21(17)33-23(28)16-6-8-18(9-7-16)26(29)30/h2-14H,15H2,1H3,(H,25,27)/b24-14+. The number of hydrogen-bond donors (Lipinski definition) is 1. The second-order valence-electron chi connectivity index (χ2n) is 6.49. The third-order valence-corrected chi connectivity index (χ3v) is 4.26. The van der Waals surface area contributed by atoms with Crippen molar-refractivity contribution >= 4 is 23.8 Å². The molecule has 0 saturated heterocycles. The molecule has 10 heteroatoms. The molecule has 0 saturated carbocycles. The fourth-order valence-corrected chi connectivity index (χ4v) is 2.59. The largest absolute Gasteiger partial charge is 0.497 e. The van der Waals surface area contributed by atoms with Gasteiger partial charge in [-0.25, -0.2) is 10.2 Å². The highest BCUT2D eigenvalue weighted by atomic mass is 16.6. The second kappa shape index (κ2) is 11.0. The lowest BCUT2D eigenvalue weighted by Crippen LogP contribution is -2.24. The predicted molar refractivity (Wildman–Crippen MR) is 119 cm³/mol. The van der Waals surface area contributed by atoms with Gasteiger partial charge in [-0.3, -0.25) is 14.9 Å². The fourth-order valence-electron chi connectivity index (χ4n) is 2.59. The number of nitrogens with one attached hydrogen (secondary N) is 1. The van der Waals surface area contributed by atoms with E-state index in [0.717, 1.165) is 0 Å². The van der Waals surface area contributed by atoms with Crippen LogP contribution in [0.1, 0.15) is 15.9 Å². The van der Waals surface area contributed by atoms with E-state index in [9.17, 15) is 19.7 Å². The van der Waals surface area contributed by atoms with Crippen LogP contribution >= 0.6 is 0 Å². The van der Waals surface area contributed by atoms with E-state index in [4.69, 9.17) is 14.2 Å². The molecule has 168 valence electrons. The summed E-state index contributed by atoms with van der Waals surface area (Å²) in [7, 11) is 1.55. The molecule has 0 aliphatic carbocycles. The van der Waals surface area contributed by atoms with Gasteiger partial charge in [-0.2, -0.15) is 5.10 Å². The number of non-ortho nitro benzene ring substituents is 1. The predicted octanol–water partition coefficient (Wildman–Crippen LogP) is 3.35. The smallest absolute Gasteiger partial charge is 0.343 e. The van der Waals surface area contributed by atoms with Gasteiger partial charge >= 0.3 is 5.97 Å². The Labute approximate surface area is 188 Å². The molecule has 0 heterocycles. The fraction of sp³-hybridized carbons (Fsp3) is 0.0870. The Morgan fingerprint density at radius 2 is 1.67 bits per heavy atom. The molecular weight excluding hydrogens is 430 g/mol. The number of methoxy groups -OCH3 is 1. The molecule has 0 unspecified atom stereocenters. The number of ether oxygens (including phenoxy) is 3. The van der Waals surface area contributed by atoms with E-state index >= 15 is 0 Å². The van der Waals surface area contributed by atoms with Crippen molar-refractivity contribution in [2.45, 2.75) is 0 Å². The van der Waals surface area contributed by atoms with Crippen LogP contribution in [0.5, 0.6) is 17.2 Å². The summed E-state index contributed by atoms with van der Waals surface area (Å²) in [6.07, 6.45) is 1.32. The molecule has 33 heavy (non-hydrogen) atoms. The Morgan fingerprint density at radius 1 is 1.00 bits per heavy atom. The molecular formula is C23H19N3O7. The number of carbonyl (C=O) groups excluding carboxylic acids is 2. The average molecular weight is 449 g/mol. The van der Waals surface area contributed by atoms with Crippen molar-refractivity contribution in [3.8, 4) is 17.2 Å². The molecule has 3 aromatic rings. The van der Waals surface area contributed by atoms with E-state index < -0.39 is 16.8 Å². The zero-order valence-electron chi connectivity index (χ0n) is 17.5. The van der Waals surface area contributed by atoms with E-state index in [1.165, 1.54) is 30.5 Å². The monoisotopic (exact) mass is 449 g/mol. The molecule has 0 atom stereocenters. The molecule has 3 rings (SSSR count). The number of carbonyl (C=O) groups is 2. The molecule has 3 aromatic carbocycles. The molecule has 0 bridgehead atoms. The van der Waals surface area contributed by atoms with Gasteiger partial charge in [0.25, 0.3) is 11.6 Å².